The standard InChI is InChI=1S/C34H39N7O12/c1-20(36-28(43)6-4-3-5-17-40-29(44)15-16-30(40)45)31(46)37-21(2)32(47)39-26(18-27(35)42)33(48)38-23-9-7-22(8-10-23)19-52-34(49)53-25-13-11-24(12-14-25)41(50)51/h7-16,20-21,26H,3-6,17-19H2,1-2H3,(H2,35,42)(H,36,43)(H,37,46)(H,38,48)(H,39,47)/t20-,21-,26-/m0/s1. The predicted molar refractivity (Wildman–Crippen MR) is 184 cm³/mol. The third-order valence-corrected chi connectivity index (χ3v) is 7.57. The number of hydrogen-bond acceptors (Lipinski definition) is 12. The van der Waals surface area contributed by atoms with Gasteiger partial charge < -0.3 is 36.5 Å². The van der Waals surface area contributed by atoms with Gasteiger partial charge in [-0.05, 0) is 56.5 Å². The lowest BCUT2D eigenvalue weighted by Gasteiger charge is -2.22. The average molecular weight is 738 g/mol. The first-order valence-electron chi connectivity index (χ1n) is 16.3. The summed E-state index contributed by atoms with van der Waals surface area (Å²) >= 11 is 0. The molecular formula is C34H39N7O12. The van der Waals surface area contributed by atoms with Crippen LogP contribution >= 0.6 is 0 Å². The number of carbonyl (C=O) groups is 8. The van der Waals surface area contributed by atoms with Crippen LogP contribution in [0.1, 0.15) is 51.5 Å². The van der Waals surface area contributed by atoms with Gasteiger partial charge in [0.15, 0.2) is 0 Å². The number of benzene rings is 2. The Morgan fingerprint density at radius 3 is 2.02 bits per heavy atom. The summed E-state index contributed by atoms with van der Waals surface area (Å²) in [5, 5.41) is 20.6. The fourth-order valence-corrected chi connectivity index (χ4v) is 4.69. The molecule has 2 aromatic carbocycles. The van der Waals surface area contributed by atoms with Gasteiger partial charge in [0.1, 0.15) is 30.5 Å². The summed E-state index contributed by atoms with van der Waals surface area (Å²) in [6, 6.07) is 7.19. The largest absolute Gasteiger partial charge is 0.514 e. The molecule has 1 heterocycles. The Bertz CT molecular complexity index is 1730. The Labute approximate surface area is 302 Å². The highest BCUT2D eigenvalue weighted by atomic mass is 16.7. The van der Waals surface area contributed by atoms with Crippen LogP contribution in [-0.4, -0.2) is 82.0 Å². The molecular weight excluding hydrogens is 698 g/mol. The number of primary amides is 1. The van der Waals surface area contributed by atoms with Crippen LogP contribution < -0.4 is 31.7 Å². The van der Waals surface area contributed by atoms with Gasteiger partial charge in [-0.2, -0.15) is 0 Å². The molecule has 282 valence electrons. The lowest BCUT2D eigenvalue weighted by atomic mass is 10.1. The van der Waals surface area contributed by atoms with Crippen LogP contribution in [0.2, 0.25) is 0 Å². The van der Waals surface area contributed by atoms with E-state index in [1.807, 2.05) is 0 Å². The first-order valence-corrected chi connectivity index (χ1v) is 16.3. The van der Waals surface area contributed by atoms with Crippen LogP contribution in [-0.2, 0) is 44.9 Å². The van der Waals surface area contributed by atoms with Crippen LogP contribution in [0.4, 0.5) is 16.2 Å². The molecule has 19 heteroatoms. The molecule has 0 saturated heterocycles. The van der Waals surface area contributed by atoms with Crippen molar-refractivity contribution in [3.8, 4) is 5.75 Å². The lowest BCUT2D eigenvalue weighted by molar-refractivity contribution is -0.384. The number of anilines is 1. The molecule has 0 aromatic heterocycles. The van der Waals surface area contributed by atoms with E-state index < -0.39 is 65.2 Å². The summed E-state index contributed by atoms with van der Waals surface area (Å²) in [6.07, 6.45) is 2.41. The van der Waals surface area contributed by atoms with Gasteiger partial charge in [-0.1, -0.05) is 18.6 Å². The van der Waals surface area contributed by atoms with Crippen molar-refractivity contribution in [1.82, 2.24) is 20.9 Å². The van der Waals surface area contributed by atoms with Crippen molar-refractivity contribution in [2.24, 2.45) is 5.73 Å². The summed E-state index contributed by atoms with van der Waals surface area (Å²) in [7, 11) is 0. The minimum Gasteiger partial charge on any atom is -0.429 e. The molecule has 1 aliphatic heterocycles. The molecule has 53 heavy (non-hydrogen) atoms. The van der Waals surface area contributed by atoms with Crippen LogP contribution in [0.3, 0.4) is 0 Å². The Kier molecular flexibility index (Phi) is 15.1. The maximum Gasteiger partial charge on any atom is 0.514 e. The van der Waals surface area contributed by atoms with E-state index in [0.29, 0.717) is 24.8 Å². The summed E-state index contributed by atoms with van der Waals surface area (Å²) < 4.78 is 10.00. The molecule has 0 bridgehead atoms. The van der Waals surface area contributed by atoms with Gasteiger partial charge in [0.2, 0.25) is 29.5 Å². The number of carbonyl (C=O) groups excluding carboxylic acids is 8. The van der Waals surface area contributed by atoms with Crippen molar-refractivity contribution in [2.45, 2.75) is 70.7 Å². The molecule has 0 radical (unpaired) electrons. The zero-order chi connectivity index (χ0) is 39.1. The summed E-state index contributed by atoms with van der Waals surface area (Å²) in [6.45, 7) is 2.80. The maximum atomic E-state index is 13.0. The Hall–Kier alpha value is -6.66. The maximum absolute atomic E-state index is 13.0. The minimum atomic E-state index is -1.41. The monoisotopic (exact) mass is 737 g/mol. The third kappa shape index (κ3) is 13.5. The molecule has 3 rings (SSSR count). The SMILES string of the molecule is C[C@H](NC(=O)CCCCCN1C(=O)C=CC1=O)C(=O)N[C@@H](C)C(=O)N[C@@H](CC(N)=O)C(=O)Nc1ccc(COC(=O)Oc2ccc([N+](=O)[O-])cc2)cc1. The van der Waals surface area contributed by atoms with Gasteiger partial charge in [-0.3, -0.25) is 48.6 Å². The molecule has 7 amide bonds. The highest BCUT2D eigenvalue weighted by molar-refractivity contribution is 6.12. The van der Waals surface area contributed by atoms with Gasteiger partial charge in [0.25, 0.3) is 17.5 Å². The Balaban J connectivity index is 1.41. The molecule has 0 aliphatic carbocycles. The van der Waals surface area contributed by atoms with Crippen LogP contribution in [0.15, 0.2) is 60.7 Å². The summed E-state index contributed by atoms with van der Waals surface area (Å²) in [4.78, 5) is 109. The fraction of sp³-hybridized carbons (Fsp3) is 0.353. The van der Waals surface area contributed by atoms with E-state index in [9.17, 15) is 48.5 Å². The van der Waals surface area contributed by atoms with Crippen LogP contribution in [0, 0.1) is 10.1 Å². The van der Waals surface area contributed by atoms with Crippen LogP contribution in [0.25, 0.3) is 0 Å². The van der Waals surface area contributed by atoms with Crippen molar-refractivity contribution in [3.63, 3.8) is 0 Å². The van der Waals surface area contributed by atoms with E-state index in [4.69, 9.17) is 15.2 Å². The van der Waals surface area contributed by atoms with Gasteiger partial charge in [0, 0.05) is 42.9 Å². The quantitative estimate of drug-likeness (QED) is 0.0339. The van der Waals surface area contributed by atoms with E-state index >= 15 is 0 Å². The van der Waals surface area contributed by atoms with Crippen molar-refractivity contribution in [1.29, 1.82) is 0 Å². The number of nitro benzene ring substituents is 1. The number of hydrogen-bond donors (Lipinski definition) is 5. The number of amides is 7. The molecule has 0 fully saturated rings. The molecule has 6 N–H and O–H groups in total. The number of nitrogens with one attached hydrogen (secondary N) is 4. The zero-order valence-electron chi connectivity index (χ0n) is 28.8. The van der Waals surface area contributed by atoms with Gasteiger partial charge in [0.05, 0.1) is 11.3 Å². The lowest BCUT2D eigenvalue weighted by Crippen LogP contribution is -2.55. The highest BCUT2D eigenvalue weighted by Crippen LogP contribution is 2.18. The zero-order valence-corrected chi connectivity index (χ0v) is 28.8. The van der Waals surface area contributed by atoms with E-state index in [-0.39, 0.29) is 48.5 Å². The first-order chi connectivity index (χ1) is 25.1. The number of nitro groups is 1. The summed E-state index contributed by atoms with van der Waals surface area (Å²) in [5.41, 5.74) is 5.87. The fourth-order valence-electron chi connectivity index (χ4n) is 4.69. The number of non-ortho nitro benzene ring substituents is 1. The number of ether oxygens (including phenoxy) is 2. The number of nitrogens with zero attached hydrogens (tertiary/aromatic N) is 2. The molecule has 0 saturated carbocycles. The number of rotatable bonds is 19. The van der Waals surface area contributed by atoms with Crippen molar-refractivity contribution in [2.75, 3.05) is 11.9 Å². The van der Waals surface area contributed by atoms with Crippen molar-refractivity contribution >= 4 is 58.9 Å². The third-order valence-electron chi connectivity index (χ3n) is 7.57. The van der Waals surface area contributed by atoms with E-state index in [1.54, 1.807) is 0 Å². The summed E-state index contributed by atoms with van der Waals surface area (Å²) in [5.74, 6) is -4.29. The molecule has 1 aliphatic rings. The molecule has 2 aromatic rings. The molecule has 0 spiro atoms. The minimum absolute atomic E-state index is 0.0407. The Morgan fingerprint density at radius 1 is 0.811 bits per heavy atom. The van der Waals surface area contributed by atoms with Crippen molar-refractivity contribution < 1.29 is 52.8 Å². The molecule has 0 unspecified atom stereocenters. The number of unbranched alkanes of at least 4 members (excludes halogenated alkanes) is 2. The van der Waals surface area contributed by atoms with E-state index in [1.165, 1.54) is 62.4 Å². The van der Waals surface area contributed by atoms with E-state index in [2.05, 4.69) is 21.3 Å². The smallest absolute Gasteiger partial charge is 0.429 e. The molecule has 19 nitrogen and oxygen atoms in total. The number of imide groups is 1. The molecule has 3 atom stereocenters. The van der Waals surface area contributed by atoms with E-state index in [0.717, 1.165) is 17.0 Å². The highest BCUT2D eigenvalue weighted by Gasteiger charge is 2.27. The first kappa shape index (κ1) is 40.8. The Morgan fingerprint density at radius 2 is 1.42 bits per heavy atom. The average Bonchev–Trinajstić information content (AvgIpc) is 3.43. The topological polar surface area (TPSA) is 276 Å². The van der Waals surface area contributed by atoms with Crippen LogP contribution in [0.5, 0.6) is 5.75 Å². The van der Waals surface area contributed by atoms with Gasteiger partial charge >= 0.3 is 6.16 Å². The van der Waals surface area contributed by atoms with Crippen molar-refractivity contribution in [3.05, 3.63) is 76.4 Å². The predicted octanol–water partition coefficient (Wildman–Crippen LogP) is 1.10. The second kappa shape index (κ2) is 19.7. The second-order valence-electron chi connectivity index (χ2n) is 11.8. The number of nitrogens with two attached hydrogens (primary N) is 1. The normalized spacial score (nSPS) is 13.7. The second-order valence-corrected chi connectivity index (χ2v) is 11.8. The van der Waals surface area contributed by atoms with Gasteiger partial charge in [-0.25, -0.2) is 4.79 Å². The van der Waals surface area contributed by atoms with Gasteiger partial charge in [-0.15, -0.1) is 0 Å².